The van der Waals surface area contributed by atoms with E-state index in [9.17, 15) is 69.9 Å². The van der Waals surface area contributed by atoms with Crippen molar-refractivity contribution in [3.05, 3.63) is 117 Å². The number of hydrogen-bond donors (Lipinski definition) is 17. The Kier molecular flexibility index (Phi) is 22.6. The number of phenols is 3. The lowest BCUT2D eigenvalue weighted by Crippen LogP contribution is -2.60. The number of nitrogens with zero attached hydrogens (tertiary/aromatic N) is 1. The predicted molar refractivity (Wildman–Crippen MR) is 345 cm³/mol. The molecule has 0 aromatic heterocycles. The first-order valence-electron chi connectivity index (χ1n) is 30.8. The van der Waals surface area contributed by atoms with E-state index in [2.05, 4.69) is 31.9 Å². The Morgan fingerprint density at radius 2 is 1.27 bits per heavy atom. The van der Waals surface area contributed by atoms with Gasteiger partial charge in [-0.15, -0.1) is 0 Å². The number of fused-ring (bicyclic) bond motifs is 15. The summed E-state index contributed by atoms with van der Waals surface area (Å²) in [5.74, 6) is -15.8. The monoisotopic (exact) mass is 1430 g/mol. The van der Waals surface area contributed by atoms with E-state index in [1.54, 1.807) is 34.6 Å². The van der Waals surface area contributed by atoms with Crippen LogP contribution in [0.1, 0.15) is 106 Å². The third-order valence-corrected chi connectivity index (χ3v) is 17.0. The minimum atomic E-state index is -2.35. The van der Waals surface area contributed by atoms with E-state index in [0.29, 0.717) is 0 Å². The number of ether oxygens (including phenoxy) is 5. The SMILES string of the molecule is CONC(=O)[C@@H]1NC(=O)[C@H]2NC(=O)[C@H](NC(=O)C3NC(=O)C(CC(N)=O)NC(=O)C(NC(=O)[C@@H](CC(C)C)N(C)C(=O)OC(C)(C)C)[C@H](O)c4ccc(c(Cl)c4)Oc4cc3cc(c4O[C@H]3O[C@H](CO)[C@@H](O)[C@H](O)[C@H]3O)Oc3ccc(cc3Cl)[C@H]2O)c2ccc(O)c(c2)-c2c(O)cc(O)cc21. The van der Waals surface area contributed by atoms with Gasteiger partial charge in [-0.2, -0.15) is 0 Å². The molecule has 0 radical (unpaired) electrons. The molecule has 0 aliphatic carbocycles. The maximum atomic E-state index is 15.9. The molecule has 536 valence electrons. The third-order valence-electron chi connectivity index (χ3n) is 16.4. The number of aliphatic hydroxyl groups excluding tert-OH is 6. The summed E-state index contributed by atoms with van der Waals surface area (Å²) in [7, 11) is 2.30. The lowest BCUT2D eigenvalue weighted by molar-refractivity contribution is -0.277. The molecule has 1 fully saturated rings. The maximum absolute atomic E-state index is 15.9. The fourth-order valence-electron chi connectivity index (χ4n) is 11.4. The van der Waals surface area contributed by atoms with Gasteiger partial charge in [-0.25, -0.2) is 10.3 Å². The molecule has 6 aliphatic rings. The largest absolute Gasteiger partial charge is 0.508 e. The number of rotatable bonds is 12. The van der Waals surface area contributed by atoms with Gasteiger partial charge in [-0.05, 0) is 116 Å². The van der Waals surface area contributed by atoms with E-state index in [-0.39, 0.29) is 34.8 Å². The number of hydrogen-bond acceptors (Lipinski definition) is 24. The first-order valence-corrected chi connectivity index (χ1v) is 31.6. The van der Waals surface area contributed by atoms with Gasteiger partial charge in [-0.1, -0.05) is 55.2 Å². The second-order valence-corrected chi connectivity index (χ2v) is 26.1. The van der Waals surface area contributed by atoms with Gasteiger partial charge in [-0.3, -0.25) is 48.1 Å². The van der Waals surface area contributed by atoms with E-state index in [0.717, 1.165) is 84.8 Å². The van der Waals surface area contributed by atoms with E-state index >= 15 is 19.2 Å². The number of carbonyl (C=O) groups excluding carboxylic acids is 9. The van der Waals surface area contributed by atoms with Gasteiger partial charge in [0.25, 0.3) is 5.91 Å². The minimum Gasteiger partial charge on any atom is -0.508 e. The molecule has 33 nitrogen and oxygen atoms in total. The molecule has 0 spiro atoms. The summed E-state index contributed by atoms with van der Waals surface area (Å²) in [4.78, 5) is 138. The van der Waals surface area contributed by atoms with Crippen LogP contribution in [0.4, 0.5) is 4.79 Å². The molecule has 100 heavy (non-hydrogen) atoms. The van der Waals surface area contributed by atoms with Crippen molar-refractivity contribution in [3.63, 3.8) is 0 Å². The number of likely N-dealkylation sites (N-methyl/N-ethyl adjacent to an activating group) is 1. The molecule has 6 heterocycles. The summed E-state index contributed by atoms with van der Waals surface area (Å²) in [6, 6.07) is -1.05. The minimum absolute atomic E-state index is 0.0542. The number of benzene rings is 5. The van der Waals surface area contributed by atoms with Crippen LogP contribution in [0, 0.1) is 5.92 Å². The van der Waals surface area contributed by atoms with Crippen molar-refractivity contribution in [3.8, 4) is 57.1 Å². The number of amides is 9. The average molecular weight is 1440 g/mol. The van der Waals surface area contributed by atoms with Gasteiger partial charge in [0, 0.05) is 24.2 Å². The zero-order chi connectivity index (χ0) is 73.3. The standard InChI is InChI=1S/C65H73Cl2N9O24/c1-24(2)14-35(76(6)64(94)100-65(3,4)5)57(88)73-48-50(82)26-9-12-38(32(66)16-26)96-40-18-28-19-41(55(40)99-63-54(86)53(85)52(84)42(23-77)98-63)97-39-13-10-27(17-33(39)67)51(83)49-61(92)72-47(62(93)75-95-7)31-20-29(78)21-37(80)44(31)30-15-25(8-11-36(30)79)45(58(89)74-49)71-59(90)46(28)70-56(87)34(22-43(68)81)69-60(48)91/h8-13,15-21,24,34-35,42,45-54,63,77-80,82-86H,14,22-23H2,1-7H3,(H2,68,81)(H,69,91)(H,70,87)(H,71,90)(H,72,92)(H,73,88)(H,74,89)(H,75,93)/t34?,35-,42-,45-,46?,47-,48?,49+,50-,51-,52-,53+,54-,63-/m1/s1. The van der Waals surface area contributed by atoms with E-state index in [1.165, 1.54) is 13.1 Å². The van der Waals surface area contributed by atoms with E-state index in [1.807, 2.05) is 5.48 Å². The summed E-state index contributed by atoms with van der Waals surface area (Å²) in [6.07, 6.45) is -16.4. The van der Waals surface area contributed by atoms with Crippen LogP contribution in [0.3, 0.4) is 0 Å². The van der Waals surface area contributed by atoms with Crippen LogP contribution in [-0.2, 0) is 52.7 Å². The van der Waals surface area contributed by atoms with Crippen LogP contribution in [0.2, 0.25) is 10.0 Å². The molecule has 1 saturated heterocycles. The fourth-order valence-corrected chi connectivity index (χ4v) is 11.9. The third kappa shape index (κ3) is 16.2. The summed E-state index contributed by atoms with van der Waals surface area (Å²) in [5.41, 5.74) is 4.09. The lowest BCUT2D eigenvalue weighted by atomic mass is 9.89. The van der Waals surface area contributed by atoms with Crippen molar-refractivity contribution in [2.45, 2.75) is 138 Å². The van der Waals surface area contributed by atoms with Gasteiger partial charge in [0.2, 0.25) is 53.4 Å². The van der Waals surface area contributed by atoms with Crippen LogP contribution in [0.5, 0.6) is 46.0 Å². The molecule has 9 amide bonds. The second-order valence-electron chi connectivity index (χ2n) is 25.3. The van der Waals surface area contributed by atoms with Crippen molar-refractivity contribution >= 4 is 76.6 Å². The van der Waals surface area contributed by atoms with Crippen molar-refractivity contribution in [2.75, 3.05) is 20.8 Å². The Balaban J connectivity index is 1.30. The van der Waals surface area contributed by atoms with Crippen LogP contribution in [0.15, 0.2) is 78.9 Å². The molecule has 5 aromatic carbocycles. The zero-order valence-corrected chi connectivity index (χ0v) is 55.7. The Morgan fingerprint density at radius 1 is 0.680 bits per heavy atom. The number of nitrogens with one attached hydrogen (secondary N) is 7. The molecule has 14 atom stereocenters. The number of carbonyl (C=O) groups is 9. The smallest absolute Gasteiger partial charge is 0.410 e. The number of aromatic hydroxyl groups is 3. The number of primary amides is 1. The highest BCUT2D eigenvalue weighted by molar-refractivity contribution is 6.32. The van der Waals surface area contributed by atoms with Crippen molar-refractivity contribution in [1.82, 2.24) is 42.3 Å². The molecule has 5 aromatic rings. The zero-order valence-electron chi connectivity index (χ0n) is 54.2. The van der Waals surface area contributed by atoms with Gasteiger partial charge >= 0.3 is 6.09 Å². The van der Waals surface area contributed by atoms with Crippen LogP contribution in [-0.4, -0.2) is 185 Å². The van der Waals surface area contributed by atoms with Crippen molar-refractivity contribution < 1.29 is 118 Å². The predicted octanol–water partition coefficient (Wildman–Crippen LogP) is 1.11. The second kappa shape index (κ2) is 30.3. The number of halogens is 2. The highest BCUT2D eigenvalue weighted by atomic mass is 35.5. The summed E-state index contributed by atoms with van der Waals surface area (Å²) < 4.78 is 30.5. The molecule has 11 rings (SSSR count). The maximum Gasteiger partial charge on any atom is 0.410 e. The van der Waals surface area contributed by atoms with Gasteiger partial charge < -0.3 is 107 Å². The van der Waals surface area contributed by atoms with Crippen molar-refractivity contribution in [1.29, 1.82) is 0 Å². The summed E-state index contributed by atoms with van der Waals surface area (Å²) in [6.45, 7) is 7.25. The highest BCUT2D eigenvalue weighted by Gasteiger charge is 2.47. The van der Waals surface area contributed by atoms with Gasteiger partial charge in [0.05, 0.1) is 30.2 Å². The van der Waals surface area contributed by atoms with Gasteiger partial charge in [0.15, 0.2) is 11.5 Å². The lowest BCUT2D eigenvalue weighted by Gasteiger charge is -2.39. The molecule has 18 N–H and O–H groups in total. The first-order chi connectivity index (χ1) is 47.1. The average Bonchev–Trinajstić information content (AvgIpc) is 0.760. The molecule has 3 unspecified atom stereocenters. The molecular formula is C65H73Cl2N9O24. The van der Waals surface area contributed by atoms with Crippen LogP contribution < -0.4 is 57.3 Å². The van der Waals surface area contributed by atoms with Crippen LogP contribution in [0.25, 0.3) is 11.1 Å². The molecule has 35 heteroatoms. The first kappa shape index (κ1) is 74.4. The molecule has 0 saturated carbocycles. The van der Waals surface area contributed by atoms with E-state index in [4.69, 9.17) is 57.5 Å². The molecule has 11 bridgehead atoms. The number of aliphatic hydroxyl groups is 6. The highest BCUT2D eigenvalue weighted by Crippen LogP contribution is 2.49. The van der Waals surface area contributed by atoms with Gasteiger partial charge in [0.1, 0.15) is 113 Å². The normalized spacial score (nSPS) is 25.0. The summed E-state index contributed by atoms with van der Waals surface area (Å²) in [5, 5.41) is 116. The Labute approximate surface area is 578 Å². The Bertz CT molecular complexity index is 4040. The Morgan fingerprint density at radius 3 is 1.85 bits per heavy atom. The number of phenolic OH excluding ortho intramolecular Hbond substituents is 3. The number of hydroxylamine groups is 1. The molecular weight excluding hydrogens is 1360 g/mol. The topological polar surface area (TPSA) is 505 Å². The van der Waals surface area contributed by atoms with E-state index < -0.39 is 230 Å². The van der Waals surface area contributed by atoms with Crippen LogP contribution >= 0.6 is 23.2 Å². The molecule has 6 aliphatic heterocycles. The number of nitrogens with two attached hydrogens (primary N) is 1. The van der Waals surface area contributed by atoms with Crippen molar-refractivity contribution in [2.24, 2.45) is 11.7 Å². The quantitative estimate of drug-likeness (QED) is 0.0778. The summed E-state index contributed by atoms with van der Waals surface area (Å²) >= 11 is 14.0. The Hall–Kier alpha value is -9.81. The fraction of sp³-hybridized carbons (Fsp3) is 0.400.